The summed E-state index contributed by atoms with van der Waals surface area (Å²) < 4.78 is 0. The monoisotopic (exact) mass is 181 g/mol. The van der Waals surface area contributed by atoms with Gasteiger partial charge in [0.05, 0.1) is 0 Å². The second-order valence-electron chi connectivity index (χ2n) is 4.17. The summed E-state index contributed by atoms with van der Waals surface area (Å²) in [7, 11) is 0. The first-order valence-electron chi connectivity index (χ1n) is 5.08. The van der Waals surface area contributed by atoms with Crippen molar-refractivity contribution in [3.63, 3.8) is 0 Å². The summed E-state index contributed by atoms with van der Waals surface area (Å²) >= 11 is 0. The molecule has 1 unspecified atom stereocenters. The van der Waals surface area contributed by atoms with Crippen molar-refractivity contribution < 1.29 is 0 Å². The van der Waals surface area contributed by atoms with E-state index in [-0.39, 0.29) is 0 Å². The molecule has 0 aromatic heterocycles. The van der Waals surface area contributed by atoms with Crippen LogP contribution in [-0.4, -0.2) is 0 Å². The molecular weight excluding hydrogens is 158 g/mol. The highest BCUT2D eigenvalue weighted by Gasteiger charge is 2.09. The molecule has 0 radical (unpaired) electrons. The number of rotatable bonds is 4. The normalized spacial score (nSPS) is 16.5. The Bertz CT molecular complexity index is 195. The van der Waals surface area contributed by atoms with Crippen LogP contribution in [0.1, 0.15) is 41.0 Å². The Morgan fingerprint density at radius 2 is 1.85 bits per heavy atom. The summed E-state index contributed by atoms with van der Waals surface area (Å²) in [5.74, 6) is 1.30. The largest absolute Gasteiger partial charge is 0.402 e. The van der Waals surface area contributed by atoms with E-state index in [9.17, 15) is 0 Å². The summed E-state index contributed by atoms with van der Waals surface area (Å²) in [4.78, 5) is 0. The van der Waals surface area contributed by atoms with Crippen LogP contribution < -0.4 is 5.73 Å². The van der Waals surface area contributed by atoms with Gasteiger partial charge in [-0.1, -0.05) is 32.9 Å². The molecule has 1 atom stereocenters. The molecule has 0 saturated heterocycles. The topological polar surface area (TPSA) is 26.0 Å². The molecule has 1 nitrogen and oxygen atoms in total. The predicted octanol–water partition coefficient (Wildman–Crippen LogP) is 3.48. The fourth-order valence-corrected chi connectivity index (χ4v) is 1.70. The third-order valence-electron chi connectivity index (χ3n) is 2.16. The highest BCUT2D eigenvalue weighted by atomic mass is 14.6. The summed E-state index contributed by atoms with van der Waals surface area (Å²) in [5.41, 5.74) is 8.07. The van der Waals surface area contributed by atoms with Crippen LogP contribution in [0.3, 0.4) is 0 Å². The standard InChI is InChI=1S/C12H23N/c1-6-7-12(11(5)13)10(4)8-9(2)3/h6-7,9-10H,8,13H2,1-5H3/b7-6-,12-11-. The van der Waals surface area contributed by atoms with Gasteiger partial charge in [0.15, 0.2) is 0 Å². The lowest BCUT2D eigenvalue weighted by molar-refractivity contribution is 0.489. The maximum Gasteiger partial charge on any atom is 0.00840 e. The van der Waals surface area contributed by atoms with E-state index in [1.807, 2.05) is 13.8 Å². The molecule has 0 heterocycles. The van der Waals surface area contributed by atoms with Gasteiger partial charge < -0.3 is 5.73 Å². The molecule has 0 amide bonds. The SMILES string of the molecule is C/C=C\C(=C(/C)N)C(C)CC(C)C. The Morgan fingerprint density at radius 1 is 1.31 bits per heavy atom. The van der Waals surface area contributed by atoms with Gasteiger partial charge >= 0.3 is 0 Å². The summed E-state index contributed by atoms with van der Waals surface area (Å²) in [5, 5.41) is 0. The van der Waals surface area contributed by atoms with Crippen LogP contribution in [0.25, 0.3) is 0 Å². The Hall–Kier alpha value is -0.720. The Labute approximate surface area is 82.7 Å². The lowest BCUT2D eigenvalue weighted by Crippen LogP contribution is -2.07. The molecule has 0 aromatic carbocycles. The highest BCUT2D eigenvalue weighted by Crippen LogP contribution is 2.21. The minimum Gasteiger partial charge on any atom is -0.402 e. The van der Waals surface area contributed by atoms with Gasteiger partial charge in [-0.2, -0.15) is 0 Å². The van der Waals surface area contributed by atoms with Crippen molar-refractivity contribution in [1.29, 1.82) is 0 Å². The summed E-state index contributed by atoms with van der Waals surface area (Å²) in [6.45, 7) is 10.7. The van der Waals surface area contributed by atoms with Crippen molar-refractivity contribution in [3.05, 3.63) is 23.4 Å². The van der Waals surface area contributed by atoms with E-state index in [1.54, 1.807) is 0 Å². The van der Waals surface area contributed by atoms with Crippen LogP contribution in [0, 0.1) is 11.8 Å². The molecular formula is C12H23N. The first-order valence-corrected chi connectivity index (χ1v) is 5.08. The van der Waals surface area contributed by atoms with E-state index >= 15 is 0 Å². The summed E-state index contributed by atoms with van der Waals surface area (Å²) in [6, 6.07) is 0. The first-order chi connectivity index (χ1) is 5.99. The molecule has 13 heavy (non-hydrogen) atoms. The van der Waals surface area contributed by atoms with Crippen LogP contribution in [-0.2, 0) is 0 Å². The average Bonchev–Trinajstić information content (AvgIpc) is 1.97. The fourth-order valence-electron chi connectivity index (χ4n) is 1.70. The lowest BCUT2D eigenvalue weighted by atomic mass is 9.90. The van der Waals surface area contributed by atoms with Gasteiger partial charge in [-0.3, -0.25) is 0 Å². The van der Waals surface area contributed by atoms with Crippen molar-refractivity contribution in [2.24, 2.45) is 17.6 Å². The number of allylic oxidation sites excluding steroid dienone is 4. The van der Waals surface area contributed by atoms with Crippen LogP contribution in [0.4, 0.5) is 0 Å². The van der Waals surface area contributed by atoms with E-state index in [2.05, 4.69) is 32.9 Å². The molecule has 76 valence electrons. The maximum absolute atomic E-state index is 5.83. The maximum atomic E-state index is 5.83. The zero-order valence-corrected chi connectivity index (χ0v) is 9.59. The molecule has 0 aromatic rings. The quantitative estimate of drug-likeness (QED) is 0.660. The second kappa shape index (κ2) is 5.85. The van der Waals surface area contributed by atoms with Crippen LogP contribution in [0.15, 0.2) is 23.4 Å². The van der Waals surface area contributed by atoms with Crippen LogP contribution >= 0.6 is 0 Å². The van der Waals surface area contributed by atoms with Gasteiger partial charge in [-0.15, -0.1) is 0 Å². The van der Waals surface area contributed by atoms with Crippen molar-refractivity contribution in [3.8, 4) is 0 Å². The van der Waals surface area contributed by atoms with Gasteiger partial charge in [0, 0.05) is 5.70 Å². The average molecular weight is 181 g/mol. The van der Waals surface area contributed by atoms with Crippen molar-refractivity contribution in [2.45, 2.75) is 41.0 Å². The third-order valence-corrected chi connectivity index (χ3v) is 2.16. The van der Waals surface area contributed by atoms with Gasteiger partial charge in [0.1, 0.15) is 0 Å². The lowest BCUT2D eigenvalue weighted by Gasteiger charge is -2.16. The van der Waals surface area contributed by atoms with Crippen molar-refractivity contribution >= 4 is 0 Å². The fraction of sp³-hybridized carbons (Fsp3) is 0.667. The predicted molar refractivity (Wildman–Crippen MR) is 60.3 cm³/mol. The zero-order valence-electron chi connectivity index (χ0n) is 9.59. The molecule has 0 aliphatic rings. The van der Waals surface area contributed by atoms with Crippen molar-refractivity contribution in [2.75, 3.05) is 0 Å². The van der Waals surface area contributed by atoms with Crippen molar-refractivity contribution in [1.82, 2.24) is 0 Å². The Kier molecular flexibility index (Phi) is 5.52. The molecule has 0 fully saturated rings. The van der Waals surface area contributed by atoms with E-state index in [0.717, 1.165) is 11.6 Å². The van der Waals surface area contributed by atoms with Gasteiger partial charge in [0.2, 0.25) is 0 Å². The van der Waals surface area contributed by atoms with Gasteiger partial charge in [-0.25, -0.2) is 0 Å². The second-order valence-corrected chi connectivity index (χ2v) is 4.17. The molecule has 1 heteroatoms. The molecule has 0 bridgehead atoms. The molecule has 0 aliphatic carbocycles. The number of nitrogens with two attached hydrogens (primary N) is 1. The smallest absolute Gasteiger partial charge is 0.00840 e. The van der Waals surface area contributed by atoms with E-state index in [0.29, 0.717) is 5.92 Å². The Morgan fingerprint density at radius 3 is 2.15 bits per heavy atom. The minimum atomic E-state index is 0.571. The number of hydrogen-bond acceptors (Lipinski definition) is 1. The Balaban J connectivity index is 4.49. The van der Waals surface area contributed by atoms with Gasteiger partial charge in [0.25, 0.3) is 0 Å². The van der Waals surface area contributed by atoms with E-state index in [4.69, 9.17) is 5.73 Å². The first kappa shape index (κ1) is 12.3. The third kappa shape index (κ3) is 4.76. The minimum absolute atomic E-state index is 0.571. The van der Waals surface area contributed by atoms with E-state index < -0.39 is 0 Å². The molecule has 0 aliphatic heterocycles. The molecule has 0 saturated carbocycles. The number of hydrogen-bond donors (Lipinski definition) is 1. The molecule has 2 N–H and O–H groups in total. The molecule has 0 rings (SSSR count). The van der Waals surface area contributed by atoms with Gasteiger partial charge in [-0.05, 0) is 37.7 Å². The van der Waals surface area contributed by atoms with Crippen LogP contribution in [0.2, 0.25) is 0 Å². The highest BCUT2D eigenvalue weighted by molar-refractivity contribution is 5.24. The zero-order chi connectivity index (χ0) is 10.4. The molecule has 0 spiro atoms. The van der Waals surface area contributed by atoms with E-state index in [1.165, 1.54) is 12.0 Å². The van der Waals surface area contributed by atoms with Crippen LogP contribution in [0.5, 0.6) is 0 Å². The summed E-state index contributed by atoms with van der Waals surface area (Å²) in [6.07, 6.45) is 5.39.